The predicted molar refractivity (Wildman–Crippen MR) is 85.8 cm³/mol. The number of piperidine rings is 2. The molecule has 0 atom stereocenters. The van der Waals surface area contributed by atoms with Gasteiger partial charge in [-0.15, -0.1) is 6.42 Å². The number of hydrogen-bond acceptors (Lipinski definition) is 3. The molecule has 114 valence electrons. The van der Waals surface area contributed by atoms with Gasteiger partial charge in [0.1, 0.15) is 0 Å². The summed E-state index contributed by atoms with van der Waals surface area (Å²) in [6, 6.07) is 1.42. The van der Waals surface area contributed by atoms with Crippen molar-refractivity contribution in [3.63, 3.8) is 0 Å². The van der Waals surface area contributed by atoms with Crippen molar-refractivity contribution >= 4 is 0 Å². The van der Waals surface area contributed by atoms with Crippen LogP contribution in [-0.2, 0) is 0 Å². The maximum atomic E-state index is 5.38. The maximum Gasteiger partial charge on any atom is 0.0598 e. The van der Waals surface area contributed by atoms with E-state index in [0.717, 1.165) is 25.7 Å². The van der Waals surface area contributed by atoms with Crippen LogP contribution in [0.4, 0.5) is 0 Å². The van der Waals surface area contributed by atoms with E-state index >= 15 is 0 Å². The Morgan fingerprint density at radius 3 is 1.95 bits per heavy atom. The summed E-state index contributed by atoms with van der Waals surface area (Å²) in [6.45, 7) is 12.6. The van der Waals surface area contributed by atoms with Gasteiger partial charge in [-0.2, -0.15) is 0 Å². The van der Waals surface area contributed by atoms with Crippen molar-refractivity contribution in [3.8, 4) is 12.3 Å². The lowest BCUT2D eigenvalue weighted by Gasteiger charge is -2.42. The molecule has 0 aliphatic carbocycles. The number of terminal acetylenes is 1. The predicted octanol–water partition coefficient (Wildman–Crippen LogP) is 1.94. The highest BCUT2D eigenvalue weighted by Crippen LogP contribution is 2.21. The van der Waals surface area contributed by atoms with E-state index in [1.54, 1.807) is 0 Å². The molecule has 3 heteroatoms. The van der Waals surface area contributed by atoms with Crippen molar-refractivity contribution in [1.29, 1.82) is 0 Å². The molecule has 3 nitrogen and oxygen atoms in total. The van der Waals surface area contributed by atoms with E-state index in [1.807, 2.05) is 0 Å². The van der Waals surface area contributed by atoms with Gasteiger partial charge in [0.15, 0.2) is 0 Å². The van der Waals surface area contributed by atoms with Crippen molar-refractivity contribution in [1.82, 2.24) is 15.1 Å². The Hall–Kier alpha value is -0.560. The zero-order valence-electron chi connectivity index (χ0n) is 13.5. The fourth-order valence-corrected chi connectivity index (χ4v) is 3.44. The third-order valence-corrected chi connectivity index (χ3v) is 4.82. The summed E-state index contributed by atoms with van der Waals surface area (Å²) in [5, 5.41) is 3.89. The van der Waals surface area contributed by atoms with E-state index in [2.05, 4.69) is 41.8 Å². The molecule has 2 aliphatic heterocycles. The number of hydrogen-bond donors (Lipinski definition) is 1. The van der Waals surface area contributed by atoms with Gasteiger partial charge in [0.05, 0.1) is 6.54 Å². The summed E-state index contributed by atoms with van der Waals surface area (Å²) in [6.07, 6.45) is 10.5. The van der Waals surface area contributed by atoms with Crippen LogP contribution in [0.15, 0.2) is 0 Å². The molecule has 0 bridgehead atoms. The van der Waals surface area contributed by atoms with Gasteiger partial charge in [0.25, 0.3) is 0 Å². The molecule has 2 heterocycles. The minimum Gasteiger partial charge on any atom is -0.311 e. The standard InChI is InChI=1S/C17H31N3/c1-5-10-19-11-6-15(7-12-19)18-16-8-13-20(14-9-16)17(2,3)4/h1,15-16,18H,6-14H2,2-4H3. The average Bonchev–Trinajstić information content (AvgIpc) is 2.41. The van der Waals surface area contributed by atoms with Crippen molar-refractivity contribution < 1.29 is 0 Å². The summed E-state index contributed by atoms with van der Waals surface area (Å²) in [5.74, 6) is 2.75. The van der Waals surface area contributed by atoms with E-state index in [0.29, 0.717) is 11.6 Å². The smallest absolute Gasteiger partial charge is 0.0598 e. The first kappa shape index (κ1) is 15.8. The Kier molecular flexibility index (Phi) is 5.49. The molecule has 1 N–H and O–H groups in total. The summed E-state index contributed by atoms with van der Waals surface area (Å²) in [5.41, 5.74) is 0.325. The van der Waals surface area contributed by atoms with Crippen molar-refractivity contribution in [2.24, 2.45) is 0 Å². The first-order chi connectivity index (χ1) is 9.49. The maximum absolute atomic E-state index is 5.38. The number of likely N-dealkylation sites (tertiary alicyclic amines) is 2. The van der Waals surface area contributed by atoms with E-state index < -0.39 is 0 Å². The first-order valence-corrected chi connectivity index (χ1v) is 8.16. The second-order valence-corrected chi connectivity index (χ2v) is 7.35. The average molecular weight is 277 g/mol. The molecule has 2 fully saturated rings. The van der Waals surface area contributed by atoms with Crippen LogP contribution in [0.3, 0.4) is 0 Å². The first-order valence-electron chi connectivity index (χ1n) is 8.16. The van der Waals surface area contributed by atoms with Gasteiger partial charge in [-0.1, -0.05) is 5.92 Å². The van der Waals surface area contributed by atoms with Crippen LogP contribution < -0.4 is 5.32 Å². The largest absolute Gasteiger partial charge is 0.311 e. The molecule has 0 saturated carbocycles. The Labute approximate surface area is 125 Å². The van der Waals surface area contributed by atoms with Crippen LogP contribution in [0.25, 0.3) is 0 Å². The van der Waals surface area contributed by atoms with Gasteiger partial charge in [-0.25, -0.2) is 0 Å². The zero-order valence-corrected chi connectivity index (χ0v) is 13.5. The molecule has 2 rings (SSSR count). The molecule has 2 saturated heterocycles. The minimum absolute atomic E-state index is 0.325. The Balaban J connectivity index is 1.68. The summed E-state index contributed by atoms with van der Waals surface area (Å²) in [4.78, 5) is 5.00. The van der Waals surface area contributed by atoms with Crippen molar-refractivity contribution in [2.45, 2.75) is 64.1 Å². The monoisotopic (exact) mass is 277 g/mol. The highest BCUT2D eigenvalue weighted by atomic mass is 15.2. The molecule has 0 unspecified atom stereocenters. The SMILES string of the molecule is C#CCN1CCC(NC2CCN(C(C)(C)C)CC2)CC1. The number of nitrogens with zero attached hydrogens (tertiary/aromatic N) is 2. The molecular formula is C17H31N3. The fourth-order valence-electron chi connectivity index (χ4n) is 3.44. The van der Waals surface area contributed by atoms with Crippen LogP contribution in [0, 0.1) is 12.3 Å². The van der Waals surface area contributed by atoms with Gasteiger partial charge >= 0.3 is 0 Å². The van der Waals surface area contributed by atoms with Gasteiger partial charge < -0.3 is 5.32 Å². The topological polar surface area (TPSA) is 18.5 Å². The van der Waals surface area contributed by atoms with Gasteiger partial charge in [-0.05, 0) is 46.5 Å². The number of nitrogens with one attached hydrogen (secondary N) is 1. The Morgan fingerprint density at radius 1 is 1.00 bits per heavy atom. The van der Waals surface area contributed by atoms with E-state index in [9.17, 15) is 0 Å². The van der Waals surface area contributed by atoms with Crippen LogP contribution >= 0.6 is 0 Å². The molecule has 0 aromatic carbocycles. The molecule has 0 aromatic heterocycles. The quantitative estimate of drug-likeness (QED) is 0.795. The lowest BCUT2D eigenvalue weighted by atomic mass is 9.96. The van der Waals surface area contributed by atoms with Gasteiger partial charge in [0.2, 0.25) is 0 Å². The van der Waals surface area contributed by atoms with Gasteiger partial charge in [-0.3, -0.25) is 9.80 Å². The molecule has 0 spiro atoms. The van der Waals surface area contributed by atoms with Crippen LogP contribution in [-0.4, -0.2) is 60.1 Å². The zero-order chi connectivity index (χ0) is 14.6. The summed E-state index contributed by atoms with van der Waals surface area (Å²) < 4.78 is 0. The highest BCUT2D eigenvalue weighted by molar-refractivity contribution is 4.91. The van der Waals surface area contributed by atoms with E-state index in [1.165, 1.54) is 38.8 Å². The molecule has 0 aromatic rings. The summed E-state index contributed by atoms with van der Waals surface area (Å²) in [7, 11) is 0. The Morgan fingerprint density at radius 2 is 1.50 bits per heavy atom. The van der Waals surface area contributed by atoms with E-state index in [4.69, 9.17) is 6.42 Å². The molecule has 0 radical (unpaired) electrons. The van der Waals surface area contributed by atoms with Crippen LogP contribution in [0.2, 0.25) is 0 Å². The minimum atomic E-state index is 0.325. The molecule has 0 amide bonds. The van der Waals surface area contributed by atoms with Crippen LogP contribution in [0.1, 0.15) is 46.5 Å². The Bertz CT molecular complexity index is 323. The molecule has 20 heavy (non-hydrogen) atoms. The second-order valence-electron chi connectivity index (χ2n) is 7.35. The highest BCUT2D eigenvalue weighted by Gasteiger charge is 2.28. The van der Waals surface area contributed by atoms with Crippen LogP contribution in [0.5, 0.6) is 0 Å². The normalized spacial score (nSPS) is 24.7. The molecular weight excluding hydrogens is 246 g/mol. The summed E-state index contributed by atoms with van der Waals surface area (Å²) >= 11 is 0. The lowest BCUT2D eigenvalue weighted by molar-refractivity contribution is 0.0900. The fraction of sp³-hybridized carbons (Fsp3) is 0.882. The van der Waals surface area contributed by atoms with E-state index in [-0.39, 0.29) is 0 Å². The second kappa shape index (κ2) is 6.93. The van der Waals surface area contributed by atoms with Crippen molar-refractivity contribution in [3.05, 3.63) is 0 Å². The third-order valence-electron chi connectivity index (χ3n) is 4.82. The third kappa shape index (κ3) is 4.48. The lowest BCUT2D eigenvalue weighted by Crippen LogP contribution is -2.53. The number of rotatable bonds is 3. The van der Waals surface area contributed by atoms with Gasteiger partial charge in [0, 0.05) is 43.8 Å². The van der Waals surface area contributed by atoms with Crippen molar-refractivity contribution in [2.75, 3.05) is 32.7 Å². The molecule has 2 aliphatic rings.